The van der Waals surface area contributed by atoms with Crippen LogP contribution in [0.25, 0.3) is 11.4 Å². The second kappa shape index (κ2) is 11.4. The first-order chi connectivity index (χ1) is 16.4. The largest absolute Gasteiger partial charge is 0.496 e. The van der Waals surface area contributed by atoms with Crippen LogP contribution in [-0.2, 0) is 27.5 Å². The number of nitrogens with zero attached hydrogens (tertiary/aromatic N) is 4. The highest BCUT2D eigenvalue weighted by atomic mass is 16.5. The van der Waals surface area contributed by atoms with Gasteiger partial charge in [0, 0.05) is 0 Å². The van der Waals surface area contributed by atoms with Crippen LogP contribution in [0.15, 0.2) is 48.5 Å². The standard InChI is InChI=1S/C22H23N5O7/c1-32-17-9-6-10-18(33-2)20(17)21-24-26-27(25-21)12-16(28)15(11-19(29)30)23-22(31)34-13-14-7-4-3-5-8-14/h3-10,15H,11-13H2,1-2H3,(H,23,31)(H,29,30). The number of hydrogen-bond donors (Lipinski definition) is 2. The zero-order valence-electron chi connectivity index (χ0n) is 18.5. The van der Waals surface area contributed by atoms with Crippen LogP contribution in [0.3, 0.4) is 0 Å². The van der Waals surface area contributed by atoms with E-state index in [1.165, 1.54) is 14.2 Å². The number of nitrogens with one attached hydrogen (secondary N) is 1. The zero-order chi connectivity index (χ0) is 24.5. The van der Waals surface area contributed by atoms with E-state index in [1.54, 1.807) is 42.5 Å². The van der Waals surface area contributed by atoms with E-state index < -0.39 is 36.9 Å². The first kappa shape index (κ1) is 24.2. The summed E-state index contributed by atoms with van der Waals surface area (Å²) in [5, 5.41) is 23.4. The van der Waals surface area contributed by atoms with Gasteiger partial charge in [-0.2, -0.15) is 4.80 Å². The molecule has 0 bridgehead atoms. The zero-order valence-corrected chi connectivity index (χ0v) is 18.5. The molecule has 0 aliphatic carbocycles. The van der Waals surface area contributed by atoms with E-state index in [2.05, 4.69) is 20.7 Å². The molecule has 0 fully saturated rings. The molecule has 178 valence electrons. The van der Waals surface area contributed by atoms with Crippen LogP contribution in [0.2, 0.25) is 0 Å². The maximum Gasteiger partial charge on any atom is 0.408 e. The van der Waals surface area contributed by atoms with Crippen molar-refractivity contribution in [3.8, 4) is 22.9 Å². The third kappa shape index (κ3) is 6.28. The van der Waals surface area contributed by atoms with Crippen molar-refractivity contribution in [2.45, 2.75) is 25.6 Å². The van der Waals surface area contributed by atoms with Crippen LogP contribution < -0.4 is 14.8 Å². The third-order valence-electron chi connectivity index (χ3n) is 4.67. The predicted molar refractivity (Wildman–Crippen MR) is 117 cm³/mol. The van der Waals surface area contributed by atoms with E-state index in [0.717, 1.165) is 10.4 Å². The summed E-state index contributed by atoms with van der Waals surface area (Å²) in [4.78, 5) is 37.1. The van der Waals surface area contributed by atoms with Crippen LogP contribution in [0.1, 0.15) is 12.0 Å². The van der Waals surface area contributed by atoms with Gasteiger partial charge in [0.1, 0.15) is 36.3 Å². The Morgan fingerprint density at radius 3 is 2.32 bits per heavy atom. The number of hydrogen-bond acceptors (Lipinski definition) is 9. The minimum atomic E-state index is -1.35. The number of carbonyl (C=O) groups excluding carboxylic acids is 2. The average Bonchev–Trinajstić information content (AvgIpc) is 3.30. The number of amides is 1. The Hall–Kier alpha value is -4.48. The molecule has 1 unspecified atom stereocenters. The van der Waals surface area contributed by atoms with Crippen molar-refractivity contribution in [2.75, 3.05) is 14.2 Å². The number of ether oxygens (including phenoxy) is 3. The summed E-state index contributed by atoms with van der Waals surface area (Å²) in [6.07, 6.45) is -1.56. The molecule has 0 aliphatic heterocycles. The number of carboxylic acids is 1. The molecule has 2 aromatic carbocycles. The Bertz CT molecular complexity index is 1130. The summed E-state index contributed by atoms with van der Waals surface area (Å²) >= 11 is 0. The van der Waals surface area contributed by atoms with Crippen LogP contribution in [0.4, 0.5) is 4.79 Å². The van der Waals surface area contributed by atoms with Crippen LogP contribution in [-0.4, -0.2) is 63.4 Å². The number of aliphatic carboxylic acids is 1. The number of alkyl carbamates (subject to hydrolysis) is 1. The molecule has 0 radical (unpaired) electrons. The number of benzene rings is 2. The smallest absolute Gasteiger partial charge is 0.408 e. The van der Waals surface area contributed by atoms with Gasteiger partial charge in [0.25, 0.3) is 0 Å². The minimum absolute atomic E-state index is 0.0324. The molecule has 1 heterocycles. The van der Waals surface area contributed by atoms with Gasteiger partial charge in [-0.15, -0.1) is 10.2 Å². The fourth-order valence-corrected chi connectivity index (χ4v) is 3.06. The molecular weight excluding hydrogens is 446 g/mol. The first-order valence-electron chi connectivity index (χ1n) is 10.1. The third-order valence-corrected chi connectivity index (χ3v) is 4.67. The average molecular weight is 469 g/mol. The number of tetrazole rings is 1. The molecule has 1 atom stereocenters. The van der Waals surface area contributed by atoms with Gasteiger partial charge in [0.05, 0.1) is 20.6 Å². The van der Waals surface area contributed by atoms with Gasteiger partial charge in [0.15, 0.2) is 5.78 Å². The highest BCUT2D eigenvalue weighted by Gasteiger charge is 2.26. The van der Waals surface area contributed by atoms with Crippen LogP contribution in [0.5, 0.6) is 11.5 Å². The second-order valence-corrected chi connectivity index (χ2v) is 7.00. The normalized spacial score (nSPS) is 11.4. The fourth-order valence-electron chi connectivity index (χ4n) is 3.06. The Kier molecular flexibility index (Phi) is 8.11. The van der Waals surface area contributed by atoms with E-state index in [9.17, 15) is 14.4 Å². The van der Waals surface area contributed by atoms with Crippen molar-refractivity contribution in [3.63, 3.8) is 0 Å². The number of aromatic nitrogens is 4. The molecule has 0 saturated heterocycles. The van der Waals surface area contributed by atoms with Crippen molar-refractivity contribution in [1.29, 1.82) is 0 Å². The molecule has 2 N–H and O–H groups in total. The summed E-state index contributed by atoms with van der Waals surface area (Å²) in [7, 11) is 2.95. The van der Waals surface area contributed by atoms with Crippen molar-refractivity contribution in [2.24, 2.45) is 0 Å². The SMILES string of the molecule is COc1cccc(OC)c1-c1nnn(CC(=O)C(CC(=O)O)NC(=O)OCc2ccccc2)n1. The summed E-state index contributed by atoms with van der Waals surface area (Å²) in [5.74, 6) is -0.886. The molecule has 3 rings (SSSR count). The van der Waals surface area contributed by atoms with Gasteiger partial charge in [-0.05, 0) is 22.9 Å². The first-order valence-corrected chi connectivity index (χ1v) is 10.1. The van der Waals surface area contributed by atoms with Gasteiger partial charge in [-0.1, -0.05) is 36.4 Å². The maximum absolute atomic E-state index is 12.7. The summed E-state index contributed by atoms with van der Waals surface area (Å²) in [6, 6.07) is 12.7. The maximum atomic E-state index is 12.7. The van der Waals surface area contributed by atoms with Gasteiger partial charge in [0.2, 0.25) is 5.82 Å². The van der Waals surface area contributed by atoms with Crippen LogP contribution in [0, 0.1) is 0 Å². The number of carbonyl (C=O) groups is 3. The van der Waals surface area contributed by atoms with Gasteiger partial charge in [-0.25, -0.2) is 4.79 Å². The lowest BCUT2D eigenvalue weighted by Crippen LogP contribution is -2.44. The van der Waals surface area contributed by atoms with E-state index in [1.807, 2.05) is 6.07 Å². The molecular formula is C22H23N5O7. The van der Waals surface area contributed by atoms with Gasteiger partial charge in [-0.3, -0.25) is 9.59 Å². The summed E-state index contributed by atoms with van der Waals surface area (Å²) < 4.78 is 15.7. The molecule has 3 aromatic rings. The molecule has 0 spiro atoms. The molecule has 12 heteroatoms. The lowest BCUT2D eigenvalue weighted by Gasteiger charge is -2.15. The number of carboxylic acid groups (broad SMARTS) is 1. The lowest BCUT2D eigenvalue weighted by molar-refractivity contribution is -0.139. The van der Waals surface area contributed by atoms with Crippen LogP contribution >= 0.6 is 0 Å². The number of Topliss-reactive ketones (excluding diaryl/α,β-unsaturated/α-hetero) is 1. The van der Waals surface area contributed by atoms with E-state index >= 15 is 0 Å². The molecule has 1 aromatic heterocycles. The molecule has 34 heavy (non-hydrogen) atoms. The highest BCUT2D eigenvalue weighted by Crippen LogP contribution is 2.35. The fraction of sp³-hybridized carbons (Fsp3) is 0.273. The topological polar surface area (TPSA) is 155 Å². The number of methoxy groups -OCH3 is 2. The van der Waals surface area contributed by atoms with Crippen molar-refractivity contribution in [3.05, 3.63) is 54.1 Å². The highest BCUT2D eigenvalue weighted by molar-refractivity contribution is 5.90. The monoisotopic (exact) mass is 469 g/mol. The van der Waals surface area contributed by atoms with Crippen molar-refractivity contribution in [1.82, 2.24) is 25.5 Å². The van der Waals surface area contributed by atoms with Crippen molar-refractivity contribution < 1.29 is 33.7 Å². The minimum Gasteiger partial charge on any atom is -0.496 e. The Morgan fingerprint density at radius 2 is 1.71 bits per heavy atom. The molecule has 1 amide bonds. The quantitative estimate of drug-likeness (QED) is 0.424. The Labute approximate surface area is 194 Å². The molecule has 12 nitrogen and oxygen atoms in total. The summed E-state index contributed by atoms with van der Waals surface area (Å²) in [6.45, 7) is -0.462. The lowest BCUT2D eigenvalue weighted by atomic mass is 10.1. The van der Waals surface area contributed by atoms with E-state index in [0.29, 0.717) is 17.1 Å². The predicted octanol–water partition coefficient (Wildman–Crippen LogP) is 1.70. The van der Waals surface area contributed by atoms with Gasteiger partial charge >= 0.3 is 12.1 Å². The molecule has 0 aliphatic rings. The van der Waals surface area contributed by atoms with E-state index in [-0.39, 0.29) is 12.4 Å². The van der Waals surface area contributed by atoms with E-state index in [4.69, 9.17) is 19.3 Å². The number of ketones is 1. The molecule has 0 saturated carbocycles. The summed E-state index contributed by atoms with van der Waals surface area (Å²) in [5.41, 5.74) is 1.18. The van der Waals surface area contributed by atoms with Crippen molar-refractivity contribution >= 4 is 17.8 Å². The Balaban J connectivity index is 1.69. The van der Waals surface area contributed by atoms with Gasteiger partial charge < -0.3 is 24.6 Å². The number of rotatable bonds is 11. The Morgan fingerprint density at radius 1 is 1.03 bits per heavy atom. The second-order valence-electron chi connectivity index (χ2n) is 7.00.